The minimum Gasteiger partial charge on any atom is -0.462 e. The first-order valence-electron chi connectivity index (χ1n) is 16.4. The minimum atomic E-state index is -0.211. The molecule has 0 spiro atoms. The van der Waals surface area contributed by atoms with Gasteiger partial charge in [0.15, 0.2) is 0 Å². The van der Waals surface area contributed by atoms with Crippen LogP contribution in [0, 0.1) is 0 Å². The van der Waals surface area contributed by atoms with Crippen molar-refractivity contribution in [1.29, 1.82) is 0 Å². The fourth-order valence-electron chi connectivity index (χ4n) is 8.23. The Morgan fingerprint density at radius 1 is 0.929 bits per heavy atom. The maximum atomic E-state index is 12.2. The third-order valence-corrected chi connectivity index (χ3v) is 10.6. The van der Waals surface area contributed by atoms with Crippen molar-refractivity contribution in [3.8, 4) is 11.3 Å². The van der Waals surface area contributed by atoms with E-state index in [9.17, 15) is 4.79 Å². The average Bonchev–Trinajstić information content (AvgIpc) is 3.96. The van der Waals surface area contributed by atoms with Crippen LogP contribution in [0.5, 0.6) is 0 Å². The number of nitrogens with zero attached hydrogens (tertiary/aromatic N) is 2. The number of rotatable bonds is 9. The summed E-state index contributed by atoms with van der Waals surface area (Å²) in [6.07, 6.45) is 13.3. The number of piperidine rings is 1. The van der Waals surface area contributed by atoms with E-state index < -0.39 is 0 Å². The number of hydrogen-bond donors (Lipinski definition) is 0. The molecule has 2 aromatic carbocycles. The van der Waals surface area contributed by atoms with Crippen LogP contribution in [-0.2, 0) is 28.9 Å². The van der Waals surface area contributed by atoms with Gasteiger partial charge in [0, 0.05) is 35.2 Å². The van der Waals surface area contributed by atoms with Gasteiger partial charge in [-0.2, -0.15) is 0 Å². The van der Waals surface area contributed by atoms with Crippen molar-refractivity contribution in [2.24, 2.45) is 0 Å². The highest BCUT2D eigenvalue weighted by Gasteiger charge is 2.45. The summed E-state index contributed by atoms with van der Waals surface area (Å²) in [5, 5.41) is 4.65. The molecule has 2 aliphatic heterocycles. The first kappa shape index (κ1) is 26.7. The van der Waals surface area contributed by atoms with Crippen LogP contribution < -0.4 is 0 Å². The molecule has 1 aromatic heterocycles. The Bertz CT molecular complexity index is 1460. The Kier molecular flexibility index (Phi) is 6.95. The van der Waals surface area contributed by atoms with Crippen LogP contribution in [0.1, 0.15) is 115 Å². The van der Waals surface area contributed by atoms with Gasteiger partial charge >= 0.3 is 5.97 Å². The number of esters is 1. The van der Waals surface area contributed by atoms with Gasteiger partial charge in [0.25, 0.3) is 0 Å². The normalized spacial score (nSPS) is 27.2. The predicted octanol–water partition coefficient (Wildman–Crippen LogP) is 7.34. The number of benzene rings is 2. The van der Waals surface area contributed by atoms with E-state index in [2.05, 4.69) is 46.5 Å². The molecule has 220 valence electrons. The molecule has 42 heavy (non-hydrogen) atoms. The van der Waals surface area contributed by atoms with Gasteiger partial charge in [-0.25, -0.2) is 4.79 Å². The maximum Gasteiger partial charge on any atom is 0.338 e. The standard InChI is InChI=1S/C36H42N2O4/c1-2-40-36(39)26-12-11-25-18-27(14-13-24(25)17-26)38-28-15-16-29(38)20-30(19-28)41-21-33-34(37-42-35(33)23-9-10-23)32-6-4-3-5-31(32)22-7-8-22/h3-6,11-12,17,22-23,27-30H,2,7-10,13-16,18-21H2,1H3. The van der Waals surface area contributed by atoms with Gasteiger partial charge in [0.2, 0.25) is 0 Å². The molecule has 5 aliphatic rings. The Hall–Kier alpha value is -2.96. The minimum absolute atomic E-state index is 0.211. The van der Waals surface area contributed by atoms with Crippen molar-refractivity contribution in [3.63, 3.8) is 0 Å². The lowest BCUT2D eigenvalue weighted by Gasteiger charge is -2.45. The summed E-state index contributed by atoms with van der Waals surface area (Å²) in [7, 11) is 0. The fraction of sp³-hybridized carbons (Fsp3) is 0.556. The van der Waals surface area contributed by atoms with Gasteiger partial charge in [-0.1, -0.05) is 35.5 Å². The van der Waals surface area contributed by atoms with Crippen molar-refractivity contribution < 1.29 is 18.8 Å². The third-order valence-electron chi connectivity index (χ3n) is 10.6. The van der Waals surface area contributed by atoms with Crippen LogP contribution >= 0.6 is 0 Å². The zero-order chi connectivity index (χ0) is 28.2. The summed E-state index contributed by atoms with van der Waals surface area (Å²) in [5.41, 5.74) is 8.29. The molecule has 2 saturated heterocycles. The number of ether oxygens (including phenoxy) is 2. The molecule has 3 aromatic rings. The molecule has 0 radical (unpaired) electrons. The van der Waals surface area contributed by atoms with E-state index in [1.165, 1.54) is 66.3 Å². The van der Waals surface area contributed by atoms with E-state index in [4.69, 9.17) is 14.0 Å². The first-order chi connectivity index (χ1) is 20.7. The monoisotopic (exact) mass is 566 g/mol. The van der Waals surface area contributed by atoms with Crippen molar-refractivity contribution in [2.75, 3.05) is 6.61 Å². The van der Waals surface area contributed by atoms with Crippen molar-refractivity contribution >= 4 is 5.97 Å². The molecule has 6 heteroatoms. The molecule has 0 amide bonds. The molecule has 3 heterocycles. The van der Waals surface area contributed by atoms with E-state index >= 15 is 0 Å². The molecular formula is C36H42N2O4. The van der Waals surface area contributed by atoms with E-state index in [-0.39, 0.29) is 12.1 Å². The van der Waals surface area contributed by atoms with E-state index in [1.54, 1.807) is 0 Å². The molecule has 2 bridgehead atoms. The van der Waals surface area contributed by atoms with Crippen molar-refractivity contribution in [1.82, 2.24) is 10.1 Å². The number of fused-ring (bicyclic) bond motifs is 3. The van der Waals surface area contributed by atoms with Crippen LogP contribution in [0.3, 0.4) is 0 Å². The van der Waals surface area contributed by atoms with Gasteiger partial charge in [0.05, 0.1) is 24.9 Å². The zero-order valence-electron chi connectivity index (χ0n) is 24.7. The van der Waals surface area contributed by atoms with Gasteiger partial charge in [-0.05, 0) is 112 Å². The third kappa shape index (κ3) is 5.01. The van der Waals surface area contributed by atoms with Crippen LogP contribution in [0.15, 0.2) is 47.0 Å². The summed E-state index contributed by atoms with van der Waals surface area (Å²) in [5.74, 6) is 2.04. The summed E-state index contributed by atoms with van der Waals surface area (Å²) < 4.78 is 18.0. The Morgan fingerprint density at radius 3 is 2.48 bits per heavy atom. The quantitative estimate of drug-likeness (QED) is 0.253. The van der Waals surface area contributed by atoms with Crippen LogP contribution in [0.25, 0.3) is 11.3 Å². The van der Waals surface area contributed by atoms with Crippen molar-refractivity contribution in [2.45, 2.75) is 120 Å². The smallest absolute Gasteiger partial charge is 0.338 e. The second-order valence-corrected chi connectivity index (χ2v) is 13.3. The zero-order valence-corrected chi connectivity index (χ0v) is 24.7. The molecular weight excluding hydrogens is 524 g/mol. The molecule has 0 N–H and O–H groups in total. The van der Waals surface area contributed by atoms with Crippen LogP contribution in [-0.4, -0.2) is 46.9 Å². The fourth-order valence-corrected chi connectivity index (χ4v) is 8.23. The summed E-state index contributed by atoms with van der Waals surface area (Å²) in [6.45, 7) is 2.87. The van der Waals surface area contributed by atoms with E-state index in [0.29, 0.717) is 48.7 Å². The van der Waals surface area contributed by atoms with Gasteiger partial charge in [-0.15, -0.1) is 0 Å². The van der Waals surface area contributed by atoms with E-state index in [0.717, 1.165) is 43.6 Å². The SMILES string of the molecule is CCOC(=O)c1ccc2c(c1)CCC(N1C3CCC1CC(OCc1c(-c4ccccc4C4CC4)noc1C1CC1)C3)C2. The molecule has 2 saturated carbocycles. The van der Waals surface area contributed by atoms with Gasteiger partial charge in [0.1, 0.15) is 11.5 Å². The number of hydrogen-bond acceptors (Lipinski definition) is 6. The highest BCUT2D eigenvalue weighted by atomic mass is 16.5. The lowest BCUT2D eigenvalue weighted by atomic mass is 9.84. The van der Waals surface area contributed by atoms with Gasteiger partial charge < -0.3 is 14.0 Å². The predicted molar refractivity (Wildman–Crippen MR) is 161 cm³/mol. The molecule has 8 rings (SSSR count). The number of aromatic nitrogens is 1. The Labute approximate surface area is 248 Å². The van der Waals surface area contributed by atoms with Crippen LogP contribution in [0.4, 0.5) is 0 Å². The summed E-state index contributed by atoms with van der Waals surface area (Å²) in [4.78, 5) is 15.1. The molecule has 3 aliphatic carbocycles. The topological polar surface area (TPSA) is 64.8 Å². The number of carbonyl (C=O) groups excluding carboxylic acids is 1. The van der Waals surface area contributed by atoms with Gasteiger partial charge in [-0.3, -0.25) is 4.90 Å². The largest absolute Gasteiger partial charge is 0.462 e. The lowest BCUT2D eigenvalue weighted by molar-refractivity contribution is -0.0426. The van der Waals surface area contributed by atoms with Crippen LogP contribution in [0.2, 0.25) is 0 Å². The number of aryl methyl sites for hydroxylation is 1. The second kappa shape index (κ2) is 10.9. The summed E-state index contributed by atoms with van der Waals surface area (Å²) in [6, 6.07) is 16.7. The summed E-state index contributed by atoms with van der Waals surface area (Å²) >= 11 is 0. The highest BCUT2D eigenvalue weighted by molar-refractivity contribution is 5.89. The lowest BCUT2D eigenvalue weighted by Crippen LogP contribution is -2.52. The Balaban J connectivity index is 0.948. The molecule has 3 unspecified atom stereocenters. The molecule has 3 atom stereocenters. The second-order valence-electron chi connectivity index (χ2n) is 13.3. The highest BCUT2D eigenvalue weighted by Crippen LogP contribution is 2.48. The average molecular weight is 567 g/mol. The Morgan fingerprint density at radius 2 is 1.71 bits per heavy atom. The maximum absolute atomic E-state index is 12.2. The number of carbonyl (C=O) groups is 1. The molecule has 4 fully saturated rings. The molecule has 6 nitrogen and oxygen atoms in total. The first-order valence-corrected chi connectivity index (χ1v) is 16.4. The van der Waals surface area contributed by atoms with Crippen molar-refractivity contribution in [3.05, 3.63) is 76.0 Å². The van der Waals surface area contributed by atoms with E-state index in [1.807, 2.05) is 13.0 Å².